The van der Waals surface area contributed by atoms with E-state index in [1.165, 1.54) is 29.5 Å². The number of amides is 1. The Bertz CT molecular complexity index is 1280. The van der Waals surface area contributed by atoms with Gasteiger partial charge < -0.3 is 5.32 Å². The summed E-state index contributed by atoms with van der Waals surface area (Å²) in [5.41, 5.74) is 5.18. The van der Waals surface area contributed by atoms with Crippen LogP contribution in [0.25, 0.3) is 10.2 Å². The number of carbonyl (C=O) groups excluding carboxylic acids is 1. The minimum Gasteiger partial charge on any atom is -0.310 e. The summed E-state index contributed by atoms with van der Waals surface area (Å²) in [6.45, 7) is 0. The summed E-state index contributed by atoms with van der Waals surface area (Å²) in [6, 6.07) is 11.8. The zero-order valence-corrected chi connectivity index (χ0v) is 17.6. The SMILES string of the molecule is O=C(NNc1ncnc(Nc2nc3ccccc3s2)c1[N+](=O)[O-])c1ccc(Cl)cc1Cl. The van der Waals surface area contributed by atoms with Crippen LogP contribution in [0.2, 0.25) is 10.0 Å². The summed E-state index contributed by atoms with van der Waals surface area (Å²) in [4.78, 5) is 35.6. The summed E-state index contributed by atoms with van der Waals surface area (Å²) in [6.07, 6.45) is 1.12. The van der Waals surface area contributed by atoms with Gasteiger partial charge in [-0.2, -0.15) is 0 Å². The van der Waals surface area contributed by atoms with E-state index in [0.29, 0.717) is 10.2 Å². The quantitative estimate of drug-likeness (QED) is 0.267. The molecular formula is C18H11Cl2N7O3S. The highest BCUT2D eigenvalue weighted by Gasteiger charge is 2.24. The molecule has 0 saturated heterocycles. The summed E-state index contributed by atoms with van der Waals surface area (Å²) in [5.74, 6) is -0.933. The molecule has 10 nitrogen and oxygen atoms in total. The van der Waals surface area contributed by atoms with Crippen LogP contribution < -0.4 is 16.2 Å². The average Bonchev–Trinajstić information content (AvgIpc) is 3.14. The van der Waals surface area contributed by atoms with Gasteiger partial charge in [0.1, 0.15) is 6.33 Å². The molecule has 0 aliphatic heterocycles. The van der Waals surface area contributed by atoms with Crippen molar-refractivity contribution in [2.75, 3.05) is 10.7 Å². The number of anilines is 3. The molecule has 0 unspecified atom stereocenters. The number of fused-ring (bicyclic) bond motifs is 1. The van der Waals surface area contributed by atoms with Crippen LogP contribution in [0.1, 0.15) is 10.4 Å². The third kappa shape index (κ3) is 4.48. The minimum absolute atomic E-state index is 0.0830. The number of thiazole rings is 1. The molecule has 0 fully saturated rings. The van der Waals surface area contributed by atoms with Crippen molar-refractivity contribution in [3.05, 3.63) is 74.5 Å². The first-order valence-corrected chi connectivity index (χ1v) is 10.1. The molecule has 4 aromatic rings. The van der Waals surface area contributed by atoms with Gasteiger partial charge in [0.25, 0.3) is 5.91 Å². The van der Waals surface area contributed by atoms with Crippen LogP contribution in [0.5, 0.6) is 0 Å². The lowest BCUT2D eigenvalue weighted by Gasteiger charge is -2.10. The van der Waals surface area contributed by atoms with Gasteiger partial charge in [0.2, 0.25) is 11.6 Å². The van der Waals surface area contributed by atoms with E-state index in [4.69, 9.17) is 23.2 Å². The Labute approximate surface area is 188 Å². The predicted molar refractivity (Wildman–Crippen MR) is 119 cm³/mol. The van der Waals surface area contributed by atoms with E-state index >= 15 is 0 Å². The Morgan fingerprint density at radius 1 is 1.10 bits per heavy atom. The van der Waals surface area contributed by atoms with Crippen molar-refractivity contribution in [2.45, 2.75) is 0 Å². The van der Waals surface area contributed by atoms with Gasteiger partial charge in [0, 0.05) is 5.02 Å². The second-order valence-electron chi connectivity index (χ2n) is 5.99. The summed E-state index contributed by atoms with van der Waals surface area (Å²) < 4.78 is 0.909. The van der Waals surface area contributed by atoms with E-state index in [0.717, 1.165) is 16.5 Å². The molecule has 0 spiro atoms. The summed E-state index contributed by atoms with van der Waals surface area (Å²) >= 11 is 13.2. The topological polar surface area (TPSA) is 135 Å². The molecule has 2 aromatic carbocycles. The Balaban J connectivity index is 1.58. The Morgan fingerprint density at radius 3 is 2.61 bits per heavy atom. The number of nitrogens with one attached hydrogen (secondary N) is 3. The largest absolute Gasteiger partial charge is 0.355 e. The van der Waals surface area contributed by atoms with Gasteiger partial charge in [0.05, 0.1) is 25.7 Å². The van der Waals surface area contributed by atoms with Crippen LogP contribution in [0.4, 0.5) is 22.5 Å². The van der Waals surface area contributed by atoms with Crippen molar-refractivity contribution >= 4 is 73.1 Å². The Morgan fingerprint density at radius 2 is 1.87 bits per heavy atom. The van der Waals surface area contributed by atoms with E-state index in [9.17, 15) is 14.9 Å². The normalized spacial score (nSPS) is 10.6. The maximum atomic E-state index is 12.4. The molecule has 2 aromatic heterocycles. The molecule has 4 rings (SSSR count). The molecule has 0 saturated carbocycles. The monoisotopic (exact) mass is 475 g/mol. The second kappa shape index (κ2) is 8.68. The van der Waals surface area contributed by atoms with E-state index in [2.05, 4.69) is 31.1 Å². The number of aromatic nitrogens is 3. The first kappa shape index (κ1) is 20.7. The van der Waals surface area contributed by atoms with E-state index in [1.54, 1.807) is 0 Å². The fourth-order valence-corrected chi connectivity index (χ4v) is 3.98. The molecule has 0 atom stereocenters. The zero-order chi connectivity index (χ0) is 22.0. The van der Waals surface area contributed by atoms with Crippen molar-refractivity contribution in [1.29, 1.82) is 0 Å². The number of benzene rings is 2. The first-order chi connectivity index (χ1) is 14.9. The van der Waals surface area contributed by atoms with E-state index in [-0.39, 0.29) is 22.2 Å². The number of nitrogens with zero attached hydrogens (tertiary/aromatic N) is 4. The van der Waals surface area contributed by atoms with Crippen molar-refractivity contribution in [3.63, 3.8) is 0 Å². The minimum atomic E-state index is -0.667. The highest BCUT2D eigenvalue weighted by molar-refractivity contribution is 7.22. The molecular weight excluding hydrogens is 465 g/mol. The van der Waals surface area contributed by atoms with Gasteiger partial charge >= 0.3 is 5.69 Å². The lowest BCUT2D eigenvalue weighted by molar-refractivity contribution is -0.383. The van der Waals surface area contributed by atoms with Gasteiger partial charge in [-0.15, -0.1) is 0 Å². The van der Waals surface area contributed by atoms with Gasteiger partial charge in [-0.1, -0.05) is 46.7 Å². The fraction of sp³-hybridized carbons (Fsp3) is 0. The van der Waals surface area contributed by atoms with Crippen molar-refractivity contribution in [3.8, 4) is 0 Å². The number of hydrogen-bond donors (Lipinski definition) is 3. The third-order valence-electron chi connectivity index (χ3n) is 3.99. The van der Waals surface area contributed by atoms with Gasteiger partial charge in [-0.25, -0.2) is 15.0 Å². The Hall–Kier alpha value is -3.54. The molecule has 31 heavy (non-hydrogen) atoms. The number of nitro groups is 1. The van der Waals surface area contributed by atoms with Crippen LogP contribution in [-0.4, -0.2) is 25.8 Å². The van der Waals surface area contributed by atoms with E-state index in [1.807, 2.05) is 24.3 Å². The van der Waals surface area contributed by atoms with Crippen LogP contribution in [0, 0.1) is 10.1 Å². The van der Waals surface area contributed by atoms with Crippen molar-refractivity contribution in [2.24, 2.45) is 0 Å². The molecule has 0 aliphatic rings. The summed E-state index contributed by atoms with van der Waals surface area (Å²) in [7, 11) is 0. The lowest BCUT2D eigenvalue weighted by Crippen LogP contribution is -2.30. The highest BCUT2D eigenvalue weighted by Crippen LogP contribution is 2.33. The van der Waals surface area contributed by atoms with Gasteiger partial charge in [-0.3, -0.25) is 25.8 Å². The summed E-state index contributed by atoms with van der Waals surface area (Å²) in [5, 5.41) is 15.5. The maximum absolute atomic E-state index is 12.4. The van der Waals surface area contributed by atoms with Crippen molar-refractivity contribution < 1.29 is 9.72 Å². The number of hydrogen-bond acceptors (Lipinski definition) is 9. The molecule has 2 heterocycles. The van der Waals surface area contributed by atoms with Crippen LogP contribution in [0.3, 0.4) is 0 Å². The molecule has 1 amide bonds. The third-order valence-corrected chi connectivity index (χ3v) is 5.49. The fourth-order valence-electron chi connectivity index (χ4n) is 2.62. The number of halogens is 2. The Kier molecular flexibility index (Phi) is 5.80. The number of para-hydroxylation sites is 1. The van der Waals surface area contributed by atoms with Gasteiger partial charge in [-0.05, 0) is 30.3 Å². The number of rotatable bonds is 6. The van der Waals surface area contributed by atoms with E-state index < -0.39 is 16.5 Å². The number of carbonyl (C=O) groups is 1. The molecule has 0 aliphatic carbocycles. The van der Waals surface area contributed by atoms with Crippen molar-refractivity contribution in [1.82, 2.24) is 20.4 Å². The second-order valence-corrected chi connectivity index (χ2v) is 7.87. The molecule has 3 N–H and O–H groups in total. The number of hydrazine groups is 1. The molecule has 0 bridgehead atoms. The molecule has 156 valence electrons. The van der Waals surface area contributed by atoms with Crippen LogP contribution >= 0.6 is 34.5 Å². The van der Waals surface area contributed by atoms with Crippen LogP contribution in [-0.2, 0) is 0 Å². The lowest BCUT2D eigenvalue weighted by atomic mass is 10.2. The standard InChI is InChI=1S/C18H11Cl2N7O3S/c19-9-5-6-10(11(20)7-9)17(28)26-25-16-14(27(29)30)15(21-8-22-16)24-18-23-12-3-1-2-4-13(12)31-18/h1-8H,(H,26,28)(H2,21,22,23,24,25). The maximum Gasteiger partial charge on any atom is 0.355 e. The molecule has 0 radical (unpaired) electrons. The zero-order valence-electron chi connectivity index (χ0n) is 15.3. The predicted octanol–water partition coefficient (Wildman–Crippen LogP) is 4.80. The van der Waals surface area contributed by atoms with Gasteiger partial charge in [0.15, 0.2) is 5.13 Å². The first-order valence-electron chi connectivity index (χ1n) is 8.56. The smallest absolute Gasteiger partial charge is 0.310 e. The molecule has 13 heteroatoms. The highest BCUT2D eigenvalue weighted by atomic mass is 35.5. The van der Waals surface area contributed by atoms with Crippen LogP contribution in [0.15, 0.2) is 48.8 Å². The average molecular weight is 476 g/mol.